The summed E-state index contributed by atoms with van der Waals surface area (Å²) in [6.07, 6.45) is 8.40. The van der Waals surface area contributed by atoms with E-state index in [1.165, 1.54) is 12.8 Å². The Kier molecular flexibility index (Phi) is 5.40. The zero-order valence-electron chi connectivity index (χ0n) is 16.8. The minimum Gasteiger partial charge on any atom is -0.497 e. The molecule has 2 aromatic rings. The minimum atomic E-state index is -0.0549. The Morgan fingerprint density at radius 3 is 2.96 bits per heavy atom. The third kappa shape index (κ3) is 3.65. The SMILES string of the molecule is COc1cc(NC(C)CCCN2C(=O)CNC23CCCC3)c2ncccc2c1. The summed E-state index contributed by atoms with van der Waals surface area (Å²) in [4.78, 5) is 19.0. The molecule has 2 fully saturated rings. The Bertz CT molecular complexity index is 848. The molecule has 150 valence electrons. The third-order valence-electron chi connectivity index (χ3n) is 6.15. The van der Waals surface area contributed by atoms with Crippen molar-refractivity contribution < 1.29 is 9.53 Å². The van der Waals surface area contributed by atoms with Crippen molar-refractivity contribution in [3.05, 3.63) is 30.5 Å². The van der Waals surface area contributed by atoms with E-state index < -0.39 is 0 Å². The second-order valence-electron chi connectivity index (χ2n) is 8.08. The number of benzene rings is 1. The van der Waals surface area contributed by atoms with Crippen molar-refractivity contribution in [3.63, 3.8) is 0 Å². The molecule has 1 aromatic heterocycles. The molecule has 28 heavy (non-hydrogen) atoms. The van der Waals surface area contributed by atoms with Crippen LogP contribution in [0.2, 0.25) is 0 Å². The molecular formula is C22H30N4O2. The fourth-order valence-corrected chi connectivity index (χ4v) is 4.70. The van der Waals surface area contributed by atoms with Crippen molar-refractivity contribution >= 4 is 22.5 Å². The maximum Gasteiger partial charge on any atom is 0.238 e. The summed E-state index contributed by atoms with van der Waals surface area (Å²) >= 11 is 0. The van der Waals surface area contributed by atoms with Gasteiger partial charge in [-0.05, 0) is 57.6 Å². The van der Waals surface area contributed by atoms with Crippen LogP contribution in [0.4, 0.5) is 5.69 Å². The van der Waals surface area contributed by atoms with E-state index in [2.05, 4.69) is 27.4 Å². The van der Waals surface area contributed by atoms with E-state index in [9.17, 15) is 4.79 Å². The van der Waals surface area contributed by atoms with Crippen LogP contribution >= 0.6 is 0 Å². The molecule has 1 unspecified atom stereocenters. The molecule has 1 amide bonds. The van der Waals surface area contributed by atoms with Crippen molar-refractivity contribution in [1.82, 2.24) is 15.2 Å². The fourth-order valence-electron chi connectivity index (χ4n) is 4.70. The number of aromatic nitrogens is 1. The first-order valence-corrected chi connectivity index (χ1v) is 10.4. The normalized spacial score (nSPS) is 19.5. The maximum atomic E-state index is 12.3. The number of nitrogens with one attached hydrogen (secondary N) is 2. The highest BCUT2D eigenvalue weighted by Gasteiger charge is 2.46. The molecule has 1 spiro atoms. The number of hydrogen-bond donors (Lipinski definition) is 2. The highest BCUT2D eigenvalue weighted by Crippen LogP contribution is 2.36. The molecule has 2 heterocycles. The van der Waals surface area contributed by atoms with Crippen LogP contribution in [0.5, 0.6) is 5.75 Å². The first kappa shape index (κ1) is 19.0. The number of rotatable bonds is 7. The summed E-state index contributed by atoms with van der Waals surface area (Å²) in [6, 6.07) is 8.28. The van der Waals surface area contributed by atoms with Crippen molar-refractivity contribution in [3.8, 4) is 5.75 Å². The smallest absolute Gasteiger partial charge is 0.238 e. The van der Waals surface area contributed by atoms with Gasteiger partial charge in [-0.2, -0.15) is 0 Å². The number of hydrogen-bond acceptors (Lipinski definition) is 5. The van der Waals surface area contributed by atoms with E-state index in [-0.39, 0.29) is 17.6 Å². The summed E-state index contributed by atoms with van der Waals surface area (Å²) < 4.78 is 5.44. The number of fused-ring (bicyclic) bond motifs is 1. The fraction of sp³-hybridized carbons (Fsp3) is 0.545. The van der Waals surface area contributed by atoms with Gasteiger partial charge in [0.25, 0.3) is 0 Å². The molecule has 1 aliphatic carbocycles. The lowest BCUT2D eigenvalue weighted by molar-refractivity contribution is -0.130. The second-order valence-corrected chi connectivity index (χ2v) is 8.08. The molecule has 0 bridgehead atoms. The predicted octanol–water partition coefficient (Wildman–Crippen LogP) is 3.53. The molecule has 0 radical (unpaired) electrons. The quantitative estimate of drug-likeness (QED) is 0.767. The lowest BCUT2D eigenvalue weighted by Crippen LogP contribution is -2.50. The molecule has 1 saturated heterocycles. The number of methoxy groups -OCH3 is 1. The number of nitrogens with zero attached hydrogens (tertiary/aromatic N) is 2. The van der Waals surface area contributed by atoms with Gasteiger partial charge in [-0.15, -0.1) is 0 Å². The number of amides is 1. The van der Waals surface area contributed by atoms with Gasteiger partial charge in [0.2, 0.25) is 5.91 Å². The molecule has 2 N–H and O–H groups in total. The zero-order chi connectivity index (χ0) is 19.6. The van der Waals surface area contributed by atoms with Crippen LogP contribution in [0.3, 0.4) is 0 Å². The van der Waals surface area contributed by atoms with Crippen LogP contribution in [0, 0.1) is 0 Å². The van der Waals surface area contributed by atoms with Crippen molar-refractivity contribution in [2.75, 3.05) is 25.5 Å². The van der Waals surface area contributed by atoms with E-state index in [0.717, 1.165) is 54.6 Å². The van der Waals surface area contributed by atoms with Crippen LogP contribution in [0.1, 0.15) is 45.4 Å². The number of carbonyl (C=O) groups excluding carboxylic acids is 1. The zero-order valence-corrected chi connectivity index (χ0v) is 16.8. The summed E-state index contributed by atoms with van der Waals surface area (Å²) in [5.41, 5.74) is 1.90. The summed E-state index contributed by atoms with van der Waals surface area (Å²) in [7, 11) is 1.69. The molecule has 1 aromatic carbocycles. The molecule has 6 heteroatoms. The lowest BCUT2D eigenvalue weighted by Gasteiger charge is -2.35. The number of carbonyl (C=O) groups is 1. The Labute approximate surface area is 166 Å². The molecule has 1 saturated carbocycles. The number of ether oxygens (including phenoxy) is 1. The highest BCUT2D eigenvalue weighted by atomic mass is 16.5. The number of pyridine rings is 1. The summed E-state index contributed by atoms with van der Waals surface area (Å²) in [6.45, 7) is 3.51. The number of anilines is 1. The van der Waals surface area contributed by atoms with Gasteiger partial charge < -0.3 is 15.0 Å². The van der Waals surface area contributed by atoms with Gasteiger partial charge >= 0.3 is 0 Å². The van der Waals surface area contributed by atoms with Crippen molar-refractivity contribution in [2.24, 2.45) is 0 Å². The Hall–Kier alpha value is -2.34. The first-order valence-electron chi connectivity index (χ1n) is 10.4. The Morgan fingerprint density at radius 2 is 2.18 bits per heavy atom. The van der Waals surface area contributed by atoms with Crippen LogP contribution in [0.25, 0.3) is 10.9 Å². The van der Waals surface area contributed by atoms with E-state index in [0.29, 0.717) is 6.54 Å². The van der Waals surface area contributed by atoms with Crippen LogP contribution in [0.15, 0.2) is 30.5 Å². The van der Waals surface area contributed by atoms with Gasteiger partial charge in [-0.25, -0.2) is 0 Å². The van der Waals surface area contributed by atoms with Crippen molar-refractivity contribution in [1.29, 1.82) is 0 Å². The summed E-state index contributed by atoms with van der Waals surface area (Å²) in [5.74, 6) is 1.08. The van der Waals surface area contributed by atoms with Gasteiger partial charge in [0.15, 0.2) is 0 Å². The van der Waals surface area contributed by atoms with Gasteiger partial charge in [0.05, 0.1) is 30.5 Å². The van der Waals surface area contributed by atoms with Gasteiger partial charge in [0, 0.05) is 30.2 Å². The van der Waals surface area contributed by atoms with E-state index in [1.54, 1.807) is 7.11 Å². The molecule has 2 aliphatic rings. The maximum absolute atomic E-state index is 12.3. The average Bonchev–Trinajstić information content (AvgIpc) is 3.30. The molecule has 1 aliphatic heterocycles. The Balaban J connectivity index is 1.38. The molecule has 1 atom stereocenters. The van der Waals surface area contributed by atoms with Gasteiger partial charge in [-0.3, -0.25) is 15.1 Å². The van der Waals surface area contributed by atoms with E-state index in [1.807, 2.05) is 30.5 Å². The first-order chi connectivity index (χ1) is 13.6. The van der Waals surface area contributed by atoms with Crippen LogP contribution in [-0.2, 0) is 4.79 Å². The monoisotopic (exact) mass is 382 g/mol. The van der Waals surface area contributed by atoms with Gasteiger partial charge in [0.1, 0.15) is 5.75 Å². The van der Waals surface area contributed by atoms with Crippen LogP contribution < -0.4 is 15.4 Å². The minimum absolute atomic E-state index is 0.0549. The highest BCUT2D eigenvalue weighted by molar-refractivity contribution is 5.91. The topological polar surface area (TPSA) is 66.5 Å². The largest absolute Gasteiger partial charge is 0.497 e. The molecule has 4 rings (SSSR count). The lowest BCUT2D eigenvalue weighted by atomic mass is 10.1. The predicted molar refractivity (Wildman–Crippen MR) is 112 cm³/mol. The molecule has 6 nitrogen and oxygen atoms in total. The molecular weight excluding hydrogens is 352 g/mol. The average molecular weight is 383 g/mol. The summed E-state index contributed by atoms with van der Waals surface area (Å²) in [5, 5.41) is 8.14. The van der Waals surface area contributed by atoms with Crippen molar-refractivity contribution in [2.45, 2.75) is 57.2 Å². The standard InChI is InChI=1S/C22H30N4O2/c1-16(7-6-12-26-20(27)15-24-22(26)9-3-4-10-22)25-19-14-18(28-2)13-17-8-5-11-23-21(17)19/h5,8,11,13-14,16,24-25H,3-4,6-7,9-10,12,15H2,1-2H3. The van der Waals surface area contributed by atoms with E-state index >= 15 is 0 Å². The second kappa shape index (κ2) is 7.95. The van der Waals surface area contributed by atoms with Gasteiger partial charge in [-0.1, -0.05) is 6.07 Å². The Morgan fingerprint density at radius 1 is 1.36 bits per heavy atom. The van der Waals surface area contributed by atoms with Crippen LogP contribution in [-0.4, -0.2) is 47.7 Å². The third-order valence-corrected chi connectivity index (χ3v) is 6.15. The van der Waals surface area contributed by atoms with E-state index in [4.69, 9.17) is 4.74 Å².